The first-order valence-corrected chi connectivity index (χ1v) is 16.2. The first-order valence-electron chi connectivity index (χ1n) is 15.8. The summed E-state index contributed by atoms with van der Waals surface area (Å²) in [4.78, 5) is 48.5. The SMILES string of the molecule is CCc1c(N2CCN(C(=O)OC(C)(C)C)CC2)c(=O)n2nc(C3=CCCCCC3)nc2n1CC(=O)Nc1ccc(C(F)(F)F)cc1Cl. The molecule has 1 fully saturated rings. The third-order valence-corrected chi connectivity index (χ3v) is 8.42. The zero-order valence-electron chi connectivity index (χ0n) is 26.9. The van der Waals surface area contributed by atoms with E-state index in [2.05, 4.69) is 16.5 Å². The van der Waals surface area contributed by atoms with Crippen LogP contribution < -0.4 is 15.8 Å². The lowest BCUT2D eigenvalue weighted by atomic mass is 10.1. The van der Waals surface area contributed by atoms with Gasteiger partial charge in [0.25, 0.3) is 5.56 Å². The van der Waals surface area contributed by atoms with Gasteiger partial charge in [0, 0.05) is 26.2 Å². The van der Waals surface area contributed by atoms with Crippen LogP contribution in [0.4, 0.5) is 29.3 Å². The zero-order chi connectivity index (χ0) is 34.1. The summed E-state index contributed by atoms with van der Waals surface area (Å²) < 4.78 is 47.9. The predicted octanol–water partition coefficient (Wildman–Crippen LogP) is 6.17. The number of piperazine rings is 1. The number of nitrogens with zero attached hydrogens (tertiary/aromatic N) is 6. The highest BCUT2D eigenvalue weighted by Crippen LogP contribution is 2.34. The topological polar surface area (TPSA) is 114 Å². The Balaban J connectivity index is 1.52. The van der Waals surface area contributed by atoms with E-state index in [9.17, 15) is 27.6 Å². The van der Waals surface area contributed by atoms with Crippen LogP contribution >= 0.6 is 11.6 Å². The maximum Gasteiger partial charge on any atom is 0.416 e. The van der Waals surface area contributed by atoms with Gasteiger partial charge in [0.05, 0.1) is 22.0 Å². The Kier molecular flexibility index (Phi) is 9.90. The third kappa shape index (κ3) is 7.74. The monoisotopic (exact) mass is 677 g/mol. The molecule has 0 radical (unpaired) electrons. The molecule has 3 heterocycles. The van der Waals surface area contributed by atoms with Gasteiger partial charge in [-0.05, 0) is 76.6 Å². The van der Waals surface area contributed by atoms with Crippen LogP contribution in [0.2, 0.25) is 5.02 Å². The highest BCUT2D eigenvalue weighted by molar-refractivity contribution is 6.33. The molecule has 2 amide bonds. The van der Waals surface area contributed by atoms with Gasteiger partial charge in [-0.3, -0.25) is 9.59 Å². The lowest BCUT2D eigenvalue weighted by Crippen LogP contribution is -2.51. The van der Waals surface area contributed by atoms with Crippen LogP contribution in [0.25, 0.3) is 11.4 Å². The number of allylic oxidation sites excluding steroid dienone is 2. The lowest BCUT2D eigenvalue weighted by molar-refractivity contribution is -0.137. The van der Waals surface area contributed by atoms with E-state index >= 15 is 0 Å². The van der Waals surface area contributed by atoms with Gasteiger partial charge in [0.15, 0.2) is 5.82 Å². The summed E-state index contributed by atoms with van der Waals surface area (Å²) in [5.74, 6) is 0.0144. The quantitative estimate of drug-likeness (QED) is 0.332. The number of anilines is 2. The van der Waals surface area contributed by atoms with Crippen molar-refractivity contribution in [1.29, 1.82) is 0 Å². The van der Waals surface area contributed by atoms with Crippen LogP contribution in [-0.2, 0) is 28.7 Å². The standard InChI is InChI=1S/C32H39ClF3N7O4/c1-5-24-26(40-14-16-41(17-15-40)30(46)47-31(2,3)4)28(45)43-29(38-27(39-43)20-10-8-6-7-9-11-20)42(24)19-25(44)37-23-13-12-21(18-22(23)33)32(34,35)36/h10,12-13,18H,5-9,11,14-17,19H2,1-4H3,(H,37,44). The van der Waals surface area contributed by atoms with Crippen LogP contribution in [0.3, 0.4) is 0 Å². The summed E-state index contributed by atoms with van der Waals surface area (Å²) in [6.07, 6.45) is 2.15. The molecule has 5 rings (SSSR count). The molecule has 0 saturated carbocycles. The van der Waals surface area contributed by atoms with Crippen LogP contribution in [0.5, 0.6) is 0 Å². The second kappa shape index (κ2) is 13.6. The fourth-order valence-corrected chi connectivity index (χ4v) is 6.08. The molecule has 254 valence electrons. The molecule has 0 atom stereocenters. The van der Waals surface area contributed by atoms with E-state index in [-0.39, 0.29) is 23.0 Å². The molecule has 1 aliphatic carbocycles. The molecule has 1 saturated heterocycles. The maximum atomic E-state index is 14.1. The summed E-state index contributed by atoms with van der Waals surface area (Å²) in [6.45, 7) is 8.25. The van der Waals surface area contributed by atoms with Crippen molar-refractivity contribution in [2.75, 3.05) is 36.4 Å². The Hall–Kier alpha value is -4.07. The van der Waals surface area contributed by atoms with Crippen LogP contribution in [0.1, 0.15) is 76.9 Å². The number of carbonyl (C=O) groups excluding carboxylic acids is 2. The number of alkyl halides is 3. The number of amides is 2. The number of fused-ring (bicyclic) bond motifs is 1. The minimum atomic E-state index is -4.59. The maximum absolute atomic E-state index is 14.1. The molecule has 1 N–H and O–H groups in total. The molecule has 2 aromatic heterocycles. The number of hydrogen-bond donors (Lipinski definition) is 1. The number of halogens is 4. The van der Waals surface area contributed by atoms with Crippen LogP contribution in [-0.4, -0.2) is 67.8 Å². The highest BCUT2D eigenvalue weighted by atomic mass is 35.5. The summed E-state index contributed by atoms with van der Waals surface area (Å²) in [5, 5.41) is 6.97. The van der Waals surface area contributed by atoms with Gasteiger partial charge in [-0.15, -0.1) is 5.10 Å². The molecule has 15 heteroatoms. The van der Waals surface area contributed by atoms with Crippen molar-refractivity contribution >= 4 is 46.3 Å². The smallest absolute Gasteiger partial charge is 0.416 e. The fraction of sp³-hybridized carbons (Fsp3) is 0.531. The van der Waals surface area contributed by atoms with Crippen molar-refractivity contribution in [1.82, 2.24) is 24.1 Å². The molecule has 2 aliphatic rings. The van der Waals surface area contributed by atoms with Gasteiger partial charge in [-0.1, -0.05) is 31.0 Å². The Bertz CT molecular complexity index is 1750. The Morgan fingerprint density at radius 3 is 2.43 bits per heavy atom. The zero-order valence-corrected chi connectivity index (χ0v) is 27.7. The lowest BCUT2D eigenvalue weighted by Gasteiger charge is -2.37. The molecule has 0 bridgehead atoms. The average molecular weight is 678 g/mol. The first kappa shape index (κ1) is 34.3. The number of ether oxygens (including phenoxy) is 1. The molecule has 0 unspecified atom stereocenters. The molecule has 1 aliphatic heterocycles. The van der Waals surface area contributed by atoms with Crippen molar-refractivity contribution in [3.63, 3.8) is 0 Å². The van der Waals surface area contributed by atoms with Gasteiger partial charge in [-0.2, -0.15) is 22.7 Å². The van der Waals surface area contributed by atoms with Gasteiger partial charge in [-0.25, -0.2) is 4.79 Å². The summed E-state index contributed by atoms with van der Waals surface area (Å²) in [6, 6.07) is 2.71. The van der Waals surface area contributed by atoms with Crippen LogP contribution in [0, 0.1) is 0 Å². The molecule has 11 nitrogen and oxygen atoms in total. The minimum Gasteiger partial charge on any atom is -0.444 e. The van der Waals surface area contributed by atoms with Gasteiger partial charge in [0.1, 0.15) is 17.8 Å². The van der Waals surface area contributed by atoms with Gasteiger partial charge in [0.2, 0.25) is 11.7 Å². The molecule has 47 heavy (non-hydrogen) atoms. The van der Waals surface area contributed by atoms with E-state index in [1.54, 1.807) is 30.2 Å². The van der Waals surface area contributed by atoms with Crippen LogP contribution in [0.15, 0.2) is 29.1 Å². The van der Waals surface area contributed by atoms with E-state index in [0.717, 1.165) is 55.9 Å². The van der Waals surface area contributed by atoms with E-state index in [1.165, 1.54) is 4.52 Å². The Morgan fingerprint density at radius 1 is 1.06 bits per heavy atom. The summed E-state index contributed by atoms with van der Waals surface area (Å²) in [7, 11) is 0. The minimum absolute atomic E-state index is 0.0176. The normalized spacial score (nSPS) is 16.2. The number of benzene rings is 1. The Labute approximate surface area is 275 Å². The number of rotatable bonds is 6. The van der Waals surface area contributed by atoms with E-state index in [1.807, 2.05) is 11.8 Å². The Morgan fingerprint density at radius 2 is 1.79 bits per heavy atom. The van der Waals surface area contributed by atoms with Gasteiger partial charge >= 0.3 is 12.3 Å². The second-order valence-electron chi connectivity index (χ2n) is 12.7. The first-order chi connectivity index (χ1) is 22.2. The second-order valence-corrected chi connectivity index (χ2v) is 13.1. The molecular formula is C32H39ClF3N7O4. The van der Waals surface area contributed by atoms with Crippen molar-refractivity contribution in [2.45, 2.75) is 84.5 Å². The van der Waals surface area contributed by atoms with Crippen molar-refractivity contribution in [3.05, 3.63) is 56.7 Å². The molecular weight excluding hydrogens is 639 g/mol. The third-order valence-electron chi connectivity index (χ3n) is 8.11. The average Bonchev–Trinajstić information content (AvgIpc) is 3.26. The predicted molar refractivity (Wildman–Crippen MR) is 173 cm³/mol. The van der Waals surface area contributed by atoms with Gasteiger partial charge < -0.3 is 24.4 Å². The highest BCUT2D eigenvalue weighted by Gasteiger charge is 2.32. The largest absolute Gasteiger partial charge is 0.444 e. The van der Waals surface area contributed by atoms with E-state index in [0.29, 0.717) is 49.8 Å². The number of carbonyl (C=O) groups is 2. The summed E-state index contributed by atoms with van der Waals surface area (Å²) >= 11 is 6.12. The van der Waals surface area contributed by atoms with Crippen molar-refractivity contribution < 1.29 is 27.5 Å². The molecule has 1 aromatic carbocycles. The number of aromatic nitrogens is 4. The van der Waals surface area contributed by atoms with Crippen molar-refractivity contribution in [2.24, 2.45) is 0 Å². The fourth-order valence-electron chi connectivity index (χ4n) is 5.85. The van der Waals surface area contributed by atoms with E-state index < -0.39 is 34.9 Å². The molecule has 0 spiro atoms. The van der Waals surface area contributed by atoms with E-state index in [4.69, 9.17) is 21.3 Å². The molecule has 3 aromatic rings. The van der Waals surface area contributed by atoms with Crippen molar-refractivity contribution in [3.8, 4) is 0 Å². The number of hydrogen-bond acceptors (Lipinski definition) is 7. The summed E-state index contributed by atoms with van der Waals surface area (Å²) in [5.41, 5.74) is -0.140. The number of nitrogens with one attached hydrogen (secondary N) is 1.